The highest BCUT2D eigenvalue weighted by molar-refractivity contribution is 8.69. The van der Waals surface area contributed by atoms with Gasteiger partial charge in [-0.15, -0.1) is 0 Å². The molecule has 0 bridgehead atoms. The molecular formula is H4Cl2N2PS+. The summed E-state index contributed by atoms with van der Waals surface area (Å²) in [7, 11) is 0. The number of hydrazine groups is 1. The van der Waals surface area contributed by atoms with Crippen molar-refractivity contribution in [3.8, 4) is 0 Å². The average molecular weight is 166 g/mol. The van der Waals surface area contributed by atoms with Crippen LogP contribution < -0.4 is 11.0 Å². The van der Waals surface area contributed by atoms with Crippen molar-refractivity contribution in [2.75, 3.05) is 0 Å². The third-order valence-corrected chi connectivity index (χ3v) is 1.40. The van der Waals surface area contributed by atoms with Crippen molar-refractivity contribution in [2.45, 2.75) is 0 Å². The highest BCUT2D eigenvalue weighted by atomic mass is 35.9. The molecule has 0 atom stereocenters. The number of thiol groups is 1. The van der Waals surface area contributed by atoms with Gasteiger partial charge in [0.2, 0.25) is 0 Å². The van der Waals surface area contributed by atoms with Gasteiger partial charge >= 0.3 is 5.32 Å². The SMILES string of the molecule is NN[P+](S)(Cl)Cl. The third-order valence-electron chi connectivity index (χ3n) is 0.155. The second kappa shape index (κ2) is 2.55. The molecule has 0 aromatic heterocycles. The maximum atomic E-state index is 5.22. The van der Waals surface area contributed by atoms with Crippen molar-refractivity contribution in [3.05, 3.63) is 0 Å². The van der Waals surface area contributed by atoms with Gasteiger partial charge in [0.05, 0.1) is 12.2 Å². The first kappa shape index (κ1) is 7.28. The molecule has 6 heavy (non-hydrogen) atoms. The number of hydrogen-bond donors (Lipinski definition) is 3. The van der Waals surface area contributed by atoms with Gasteiger partial charge in [0.15, 0.2) is 0 Å². The molecule has 0 saturated heterocycles. The molecule has 6 heteroatoms. The van der Waals surface area contributed by atoms with Crippen molar-refractivity contribution >= 4 is 40.1 Å². The van der Waals surface area contributed by atoms with E-state index in [2.05, 4.69) is 17.4 Å². The van der Waals surface area contributed by atoms with E-state index in [0.29, 0.717) is 0 Å². The summed E-state index contributed by atoms with van der Waals surface area (Å²) in [5, 5.41) is -0.120. The second-order valence-corrected chi connectivity index (χ2v) is 8.62. The highest BCUT2D eigenvalue weighted by Crippen LogP contribution is 2.68. The molecule has 0 aliphatic heterocycles. The standard InChI is InChI=1S/Cl2H4N2PS/c1-5(2,6)4-3/h4,6H,3H2/q+1. The fourth-order valence-corrected chi connectivity index (χ4v) is 0. The molecule has 0 rings (SSSR count). The molecule has 0 aromatic carbocycles. The summed E-state index contributed by atoms with van der Waals surface area (Å²) in [6.07, 6.45) is 0. The zero-order valence-corrected chi connectivity index (χ0v) is 6.03. The smallest absolute Gasteiger partial charge is 0.236 e. The lowest BCUT2D eigenvalue weighted by atomic mass is 13.0. The van der Waals surface area contributed by atoms with E-state index in [0.717, 1.165) is 0 Å². The zero-order valence-electron chi connectivity index (χ0n) is 2.73. The molecule has 0 heterocycles. The number of nitrogens with two attached hydrogens (primary N) is 1. The molecule has 0 amide bonds. The van der Waals surface area contributed by atoms with Gasteiger partial charge < -0.3 is 0 Å². The Morgan fingerprint density at radius 3 is 1.83 bits per heavy atom. The van der Waals surface area contributed by atoms with E-state index in [4.69, 9.17) is 28.3 Å². The topological polar surface area (TPSA) is 38.0 Å². The predicted octanol–water partition coefficient (Wildman–Crippen LogP) is 1.53. The van der Waals surface area contributed by atoms with E-state index in [1.165, 1.54) is 0 Å². The van der Waals surface area contributed by atoms with Crippen LogP contribution in [0, 0.1) is 0 Å². The Labute approximate surface area is 51.5 Å². The molecule has 0 aliphatic carbocycles. The van der Waals surface area contributed by atoms with E-state index < -0.39 is 5.32 Å². The number of rotatable bonds is 1. The van der Waals surface area contributed by atoms with Crippen molar-refractivity contribution in [1.82, 2.24) is 5.20 Å². The van der Waals surface area contributed by atoms with Gasteiger partial charge in [-0.05, 0) is 0 Å². The number of nitrogens with one attached hydrogen (secondary N) is 1. The fraction of sp³-hybridized carbons (Fsp3) is 0. The summed E-state index contributed by atoms with van der Waals surface area (Å²) in [6, 6.07) is 0. The lowest BCUT2D eigenvalue weighted by Crippen LogP contribution is -2.13. The largest absolute Gasteiger partial charge is 0.348 e. The second-order valence-electron chi connectivity index (χ2n) is 0.613. The molecule has 38 valence electrons. The van der Waals surface area contributed by atoms with Crippen LogP contribution in [0.2, 0.25) is 0 Å². The van der Waals surface area contributed by atoms with E-state index in [1.54, 1.807) is 0 Å². The summed E-state index contributed by atoms with van der Waals surface area (Å²) in [5.74, 6) is 4.76. The van der Waals surface area contributed by atoms with Crippen LogP contribution in [0.5, 0.6) is 0 Å². The van der Waals surface area contributed by atoms with E-state index in [1.807, 2.05) is 0 Å². The van der Waals surface area contributed by atoms with E-state index >= 15 is 0 Å². The maximum Gasteiger partial charge on any atom is 0.348 e. The van der Waals surface area contributed by atoms with Gasteiger partial charge in [-0.2, -0.15) is 0 Å². The van der Waals surface area contributed by atoms with Gasteiger partial charge in [0.1, 0.15) is 22.5 Å². The van der Waals surface area contributed by atoms with Crippen molar-refractivity contribution < 1.29 is 0 Å². The molecule has 0 fully saturated rings. The minimum absolute atomic E-state index is 2.11. The Hall–Kier alpha value is 1.28. The van der Waals surface area contributed by atoms with E-state index in [-0.39, 0.29) is 0 Å². The van der Waals surface area contributed by atoms with Crippen LogP contribution >= 0.6 is 40.1 Å². The molecule has 2 nitrogen and oxygen atoms in total. The van der Waals surface area contributed by atoms with Gasteiger partial charge in [-0.25, -0.2) is 5.84 Å². The van der Waals surface area contributed by atoms with Crippen LogP contribution in [-0.2, 0) is 0 Å². The molecule has 3 N–H and O–H groups in total. The Bertz CT molecular complexity index is 41.3. The summed E-state index contributed by atoms with van der Waals surface area (Å²) in [5.41, 5.74) is 0. The zero-order chi connectivity index (χ0) is 5.21. The monoisotopic (exact) mass is 165 g/mol. The first-order valence-electron chi connectivity index (χ1n) is 1.05. The lowest BCUT2D eigenvalue weighted by Gasteiger charge is -1.92. The molecule has 0 spiro atoms. The van der Waals surface area contributed by atoms with Crippen LogP contribution in [0.1, 0.15) is 0 Å². The minimum Gasteiger partial charge on any atom is -0.236 e. The molecular weight excluding hydrogens is 162 g/mol. The highest BCUT2D eigenvalue weighted by Gasteiger charge is 2.26. The molecule has 0 aliphatic rings. The third kappa shape index (κ3) is 5.28. The Balaban J connectivity index is 3.17. The normalized spacial score (nSPS) is 12.0. The molecule has 0 saturated carbocycles. The summed E-state index contributed by atoms with van der Waals surface area (Å²) in [4.78, 5) is 0. The minimum atomic E-state index is -2.23. The quantitative estimate of drug-likeness (QED) is 0.239. The van der Waals surface area contributed by atoms with Gasteiger partial charge in [-0.1, -0.05) is 5.20 Å². The van der Waals surface area contributed by atoms with Crippen LogP contribution in [0.15, 0.2) is 0 Å². The van der Waals surface area contributed by atoms with Crippen molar-refractivity contribution in [2.24, 2.45) is 5.84 Å². The van der Waals surface area contributed by atoms with E-state index in [9.17, 15) is 0 Å². The van der Waals surface area contributed by atoms with Crippen LogP contribution in [-0.4, -0.2) is 0 Å². The van der Waals surface area contributed by atoms with Gasteiger partial charge in [0.25, 0.3) is 0 Å². The van der Waals surface area contributed by atoms with Crippen LogP contribution in [0.3, 0.4) is 0 Å². The molecule has 0 unspecified atom stereocenters. The Morgan fingerprint density at radius 1 is 1.67 bits per heavy atom. The lowest BCUT2D eigenvalue weighted by molar-refractivity contribution is 1.11. The first-order valence-corrected chi connectivity index (χ1v) is 5.80. The fourth-order valence-electron chi connectivity index (χ4n) is 0. The average Bonchev–Trinajstić information content (AvgIpc) is 1.35. The maximum absolute atomic E-state index is 5.22. The van der Waals surface area contributed by atoms with Crippen molar-refractivity contribution in [3.63, 3.8) is 0 Å². The summed E-state index contributed by atoms with van der Waals surface area (Å²) >= 11 is 14.1. The number of halogens is 2. The van der Waals surface area contributed by atoms with Crippen molar-refractivity contribution in [1.29, 1.82) is 0 Å². The predicted molar refractivity (Wildman–Crippen MR) is 34.9 cm³/mol. The Kier molecular flexibility index (Phi) is 3.10. The number of hydrogen-bond acceptors (Lipinski definition) is 3. The molecule has 0 aromatic rings. The van der Waals surface area contributed by atoms with Gasteiger partial charge in [0, 0.05) is 0 Å². The van der Waals surface area contributed by atoms with Gasteiger partial charge in [-0.3, -0.25) is 0 Å². The summed E-state index contributed by atoms with van der Waals surface area (Å²) < 4.78 is 0. The van der Waals surface area contributed by atoms with Crippen LogP contribution in [0.4, 0.5) is 0 Å². The molecule has 0 radical (unpaired) electrons. The Morgan fingerprint density at radius 2 is 1.83 bits per heavy atom. The summed E-state index contributed by atoms with van der Waals surface area (Å²) in [6.45, 7) is 0. The van der Waals surface area contributed by atoms with Crippen LogP contribution in [0.25, 0.3) is 0 Å². The first-order chi connectivity index (χ1) is 2.56.